The molecule has 6 nitrogen and oxygen atoms in total. The summed E-state index contributed by atoms with van der Waals surface area (Å²) in [6, 6.07) is 4.71. The van der Waals surface area contributed by atoms with Crippen molar-refractivity contribution in [3.8, 4) is 11.5 Å². The molecule has 1 aromatic rings. The fourth-order valence-corrected chi connectivity index (χ4v) is 2.04. The van der Waals surface area contributed by atoms with E-state index in [9.17, 15) is 9.59 Å². The molecule has 1 N–H and O–H groups in total. The number of nitrogens with zero attached hydrogens (tertiary/aromatic N) is 1. The molecule has 0 radical (unpaired) electrons. The van der Waals surface area contributed by atoms with Crippen molar-refractivity contribution < 1.29 is 24.2 Å². The maximum Gasteiger partial charge on any atom is 0.323 e. The van der Waals surface area contributed by atoms with E-state index in [1.54, 1.807) is 32.0 Å². The lowest BCUT2D eigenvalue weighted by molar-refractivity contribution is -0.138. The number of carboxylic acids is 1. The van der Waals surface area contributed by atoms with Crippen LogP contribution in [0.25, 0.3) is 0 Å². The minimum atomic E-state index is -1.04. The van der Waals surface area contributed by atoms with Crippen molar-refractivity contribution in [1.82, 2.24) is 4.90 Å². The number of carbonyl (C=O) groups excluding carboxylic acids is 1. The monoisotopic (exact) mass is 323 g/mol. The number of carbonyl (C=O) groups is 2. The Morgan fingerprint density at radius 3 is 2.39 bits per heavy atom. The van der Waals surface area contributed by atoms with Crippen molar-refractivity contribution in [3.05, 3.63) is 23.8 Å². The van der Waals surface area contributed by atoms with Crippen molar-refractivity contribution in [2.75, 3.05) is 19.8 Å². The Balaban J connectivity index is 3.07. The lowest BCUT2D eigenvalue weighted by atomic mass is 10.1. The third-order valence-corrected chi connectivity index (χ3v) is 3.14. The molecule has 0 bridgehead atoms. The second kappa shape index (κ2) is 9.02. The summed E-state index contributed by atoms with van der Waals surface area (Å²) in [7, 11) is 0. The van der Waals surface area contributed by atoms with Crippen LogP contribution in [-0.2, 0) is 4.79 Å². The first-order chi connectivity index (χ1) is 10.9. The minimum Gasteiger partial charge on any atom is -0.490 e. The molecule has 0 unspecified atom stereocenters. The lowest BCUT2D eigenvalue weighted by Crippen LogP contribution is -2.40. The van der Waals surface area contributed by atoms with Crippen LogP contribution < -0.4 is 9.47 Å². The van der Waals surface area contributed by atoms with Gasteiger partial charge >= 0.3 is 5.97 Å². The van der Waals surface area contributed by atoms with E-state index in [1.807, 2.05) is 13.8 Å². The highest BCUT2D eigenvalue weighted by Gasteiger charge is 2.22. The molecule has 0 aliphatic rings. The van der Waals surface area contributed by atoms with Gasteiger partial charge in [0.05, 0.1) is 13.2 Å². The molecule has 6 heteroatoms. The highest BCUT2D eigenvalue weighted by Crippen LogP contribution is 2.29. The van der Waals surface area contributed by atoms with E-state index >= 15 is 0 Å². The number of rotatable bonds is 9. The van der Waals surface area contributed by atoms with Crippen LogP contribution >= 0.6 is 0 Å². The molecule has 0 aliphatic carbocycles. The number of hydrogen-bond acceptors (Lipinski definition) is 4. The molecular formula is C17H25NO5. The van der Waals surface area contributed by atoms with E-state index in [-0.39, 0.29) is 18.5 Å². The summed E-state index contributed by atoms with van der Waals surface area (Å²) in [6.07, 6.45) is 0.867. The number of aliphatic carboxylic acids is 1. The molecule has 0 aliphatic heterocycles. The number of amides is 1. The second-order valence-corrected chi connectivity index (χ2v) is 5.36. The van der Waals surface area contributed by atoms with Crippen LogP contribution in [0.4, 0.5) is 0 Å². The van der Waals surface area contributed by atoms with Crippen molar-refractivity contribution in [1.29, 1.82) is 0 Å². The highest BCUT2D eigenvalue weighted by molar-refractivity contribution is 5.96. The molecule has 1 aromatic carbocycles. The molecule has 0 aromatic heterocycles. The highest BCUT2D eigenvalue weighted by atomic mass is 16.5. The summed E-state index contributed by atoms with van der Waals surface area (Å²) in [5.41, 5.74) is 0.382. The quantitative estimate of drug-likeness (QED) is 0.756. The Morgan fingerprint density at radius 1 is 1.17 bits per heavy atom. The second-order valence-electron chi connectivity index (χ2n) is 5.36. The van der Waals surface area contributed by atoms with Crippen molar-refractivity contribution in [3.63, 3.8) is 0 Å². The maximum atomic E-state index is 12.6. The zero-order valence-electron chi connectivity index (χ0n) is 14.2. The SMILES string of the molecule is CCCOc1ccc(C(=O)N(CC(=O)O)C(C)C)cc1OCC. The van der Waals surface area contributed by atoms with Crippen LogP contribution in [-0.4, -0.2) is 47.7 Å². The van der Waals surface area contributed by atoms with Gasteiger partial charge in [-0.05, 0) is 45.4 Å². The van der Waals surface area contributed by atoms with Crippen LogP contribution in [0.15, 0.2) is 18.2 Å². The molecule has 1 amide bonds. The summed E-state index contributed by atoms with van der Waals surface area (Å²) >= 11 is 0. The summed E-state index contributed by atoms with van der Waals surface area (Å²) < 4.78 is 11.1. The zero-order chi connectivity index (χ0) is 17.4. The Bertz CT molecular complexity index is 542. The number of ether oxygens (including phenoxy) is 2. The maximum absolute atomic E-state index is 12.6. The third-order valence-electron chi connectivity index (χ3n) is 3.14. The molecule has 128 valence electrons. The topological polar surface area (TPSA) is 76.1 Å². The van der Waals surface area contributed by atoms with Gasteiger partial charge in [0.15, 0.2) is 11.5 Å². The average Bonchev–Trinajstić information content (AvgIpc) is 2.50. The van der Waals surface area contributed by atoms with Crippen LogP contribution in [0.3, 0.4) is 0 Å². The molecular weight excluding hydrogens is 298 g/mol. The van der Waals surface area contributed by atoms with Gasteiger partial charge in [-0.15, -0.1) is 0 Å². The van der Waals surface area contributed by atoms with Gasteiger partial charge in [0.25, 0.3) is 5.91 Å². The third kappa shape index (κ3) is 5.47. The van der Waals surface area contributed by atoms with Gasteiger partial charge in [0.2, 0.25) is 0 Å². The summed E-state index contributed by atoms with van der Waals surface area (Å²) in [4.78, 5) is 24.8. The van der Waals surface area contributed by atoms with Crippen LogP contribution in [0, 0.1) is 0 Å². The van der Waals surface area contributed by atoms with E-state index in [0.717, 1.165) is 6.42 Å². The molecule has 0 heterocycles. The average molecular weight is 323 g/mol. The molecule has 23 heavy (non-hydrogen) atoms. The summed E-state index contributed by atoms with van der Waals surface area (Å²) in [5, 5.41) is 8.97. The molecule has 0 atom stereocenters. The van der Waals surface area contributed by atoms with Gasteiger partial charge in [-0.1, -0.05) is 6.92 Å². The van der Waals surface area contributed by atoms with Crippen molar-refractivity contribution in [2.45, 2.75) is 40.2 Å². The normalized spacial score (nSPS) is 10.5. The first-order valence-corrected chi connectivity index (χ1v) is 7.83. The summed E-state index contributed by atoms with van der Waals surface area (Å²) in [6.45, 7) is 8.09. The number of carboxylic acid groups (broad SMARTS) is 1. The van der Waals surface area contributed by atoms with E-state index in [1.165, 1.54) is 4.90 Å². The standard InChI is InChI=1S/C17H25NO5/c1-5-9-23-14-8-7-13(10-15(14)22-6-2)17(21)18(12(3)4)11-16(19)20/h7-8,10,12H,5-6,9,11H2,1-4H3,(H,19,20). The predicted octanol–water partition coefficient (Wildman–Crippen LogP) is 2.81. The molecule has 0 spiro atoms. The lowest BCUT2D eigenvalue weighted by Gasteiger charge is -2.25. The Labute approximate surface area is 137 Å². The van der Waals surface area contributed by atoms with Crippen LogP contribution in [0.1, 0.15) is 44.5 Å². The minimum absolute atomic E-state index is 0.217. The number of hydrogen-bond donors (Lipinski definition) is 1. The van der Waals surface area contributed by atoms with Crippen molar-refractivity contribution in [2.24, 2.45) is 0 Å². The largest absolute Gasteiger partial charge is 0.490 e. The Kier molecular flexibility index (Phi) is 7.38. The predicted molar refractivity (Wildman–Crippen MR) is 87.2 cm³/mol. The Hall–Kier alpha value is -2.24. The van der Waals surface area contributed by atoms with Gasteiger partial charge in [-0.3, -0.25) is 9.59 Å². The number of benzene rings is 1. The van der Waals surface area contributed by atoms with Gasteiger partial charge < -0.3 is 19.5 Å². The van der Waals surface area contributed by atoms with E-state index in [0.29, 0.717) is 30.3 Å². The fraction of sp³-hybridized carbons (Fsp3) is 0.529. The molecule has 0 saturated carbocycles. The van der Waals surface area contributed by atoms with E-state index in [4.69, 9.17) is 14.6 Å². The first kappa shape index (κ1) is 18.8. The Morgan fingerprint density at radius 2 is 1.87 bits per heavy atom. The van der Waals surface area contributed by atoms with Gasteiger partial charge in [0.1, 0.15) is 6.54 Å². The van der Waals surface area contributed by atoms with E-state index < -0.39 is 5.97 Å². The molecule has 0 fully saturated rings. The smallest absolute Gasteiger partial charge is 0.323 e. The zero-order valence-corrected chi connectivity index (χ0v) is 14.2. The van der Waals surface area contributed by atoms with E-state index in [2.05, 4.69) is 0 Å². The molecule has 0 saturated heterocycles. The van der Waals surface area contributed by atoms with Crippen LogP contribution in [0.5, 0.6) is 11.5 Å². The van der Waals surface area contributed by atoms with Gasteiger partial charge in [-0.25, -0.2) is 0 Å². The van der Waals surface area contributed by atoms with Gasteiger partial charge in [0, 0.05) is 11.6 Å². The fourth-order valence-electron chi connectivity index (χ4n) is 2.04. The molecule has 1 rings (SSSR count). The first-order valence-electron chi connectivity index (χ1n) is 7.83. The van der Waals surface area contributed by atoms with Gasteiger partial charge in [-0.2, -0.15) is 0 Å². The van der Waals surface area contributed by atoms with Crippen molar-refractivity contribution >= 4 is 11.9 Å². The summed E-state index contributed by atoms with van der Waals surface area (Å²) in [5.74, 6) is -0.309. The van der Waals surface area contributed by atoms with Crippen LogP contribution in [0.2, 0.25) is 0 Å².